The van der Waals surface area contributed by atoms with Crippen molar-refractivity contribution in [2.45, 2.75) is 0 Å². The van der Waals surface area contributed by atoms with E-state index in [0.717, 1.165) is 4.47 Å². The summed E-state index contributed by atoms with van der Waals surface area (Å²) in [5, 5.41) is 17.8. The van der Waals surface area contributed by atoms with Crippen LogP contribution >= 0.6 is 27.5 Å². The van der Waals surface area contributed by atoms with Crippen molar-refractivity contribution < 1.29 is 4.79 Å². The van der Waals surface area contributed by atoms with Crippen molar-refractivity contribution in [3.8, 4) is 0 Å². The molecular weight excluding hydrogens is 396 g/mol. The van der Waals surface area contributed by atoms with Crippen LogP contribution in [0.4, 0.5) is 5.69 Å². The van der Waals surface area contributed by atoms with Gasteiger partial charge in [-0.25, -0.2) is 10.0 Å². The average Bonchev–Trinajstić information content (AvgIpc) is 2.99. The highest BCUT2D eigenvalue weighted by Crippen LogP contribution is 2.25. The minimum Gasteiger partial charge on any atom is -0.320 e. The lowest BCUT2D eigenvalue weighted by Crippen LogP contribution is -2.12. The van der Waals surface area contributed by atoms with E-state index in [0.29, 0.717) is 27.4 Å². The third-order valence-corrected chi connectivity index (χ3v) is 4.15. The monoisotopic (exact) mass is 404 g/mol. The highest BCUT2D eigenvalue weighted by atomic mass is 79.9. The molecule has 2 aromatic heterocycles. The van der Waals surface area contributed by atoms with E-state index in [2.05, 4.69) is 31.5 Å². The van der Waals surface area contributed by atoms with Crippen LogP contribution in [0.3, 0.4) is 0 Å². The lowest BCUT2D eigenvalue weighted by Gasteiger charge is -2.08. The first kappa shape index (κ1) is 16.3. The first-order valence-corrected chi connectivity index (χ1v) is 7.87. The van der Waals surface area contributed by atoms with Gasteiger partial charge in [-0.2, -0.15) is 5.10 Å². The third kappa shape index (κ3) is 3.06. The number of amides is 1. The minimum atomic E-state index is -0.378. The Bertz CT molecular complexity index is 983. The van der Waals surface area contributed by atoms with Crippen LogP contribution in [0.15, 0.2) is 52.3 Å². The van der Waals surface area contributed by atoms with Gasteiger partial charge in [0.1, 0.15) is 0 Å². The fourth-order valence-corrected chi connectivity index (χ4v) is 2.65. The smallest absolute Gasteiger partial charge is 0.259 e. The van der Waals surface area contributed by atoms with Gasteiger partial charge in [-0.15, -0.1) is 5.11 Å². The van der Waals surface area contributed by atoms with Crippen LogP contribution in [0.5, 0.6) is 0 Å². The number of aromatic nitrogens is 2. The van der Waals surface area contributed by atoms with Gasteiger partial charge in [-0.3, -0.25) is 10.2 Å². The number of benzene rings is 1. The molecule has 3 N–H and O–H groups in total. The number of fused-ring (bicyclic) bond motifs is 1. The van der Waals surface area contributed by atoms with Crippen molar-refractivity contribution in [3.05, 3.63) is 63.3 Å². The van der Waals surface area contributed by atoms with Gasteiger partial charge in [-0.05, 0) is 30.3 Å². The van der Waals surface area contributed by atoms with Crippen molar-refractivity contribution >= 4 is 50.5 Å². The molecule has 0 atom stereocenters. The van der Waals surface area contributed by atoms with Gasteiger partial charge in [0, 0.05) is 16.2 Å². The molecule has 1 aromatic carbocycles. The maximum absolute atomic E-state index is 12.6. The van der Waals surface area contributed by atoms with E-state index in [-0.39, 0.29) is 11.7 Å². The maximum Gasteiger partial charge on any atom is 0.259 e. The number of rotatable bonds is 3. The van der Waals surface area contributed by atoms with Crippen LogP contribution in [0.25, 0.3) is 5.52 Å². The summed E-state index contributed by atoms with van der Waals surface area (Å²) in [5.41, 5.74) is 8.65. The molecule has 3 aromatic rings. The molecule has 24 heavy (non-hydrogen) atoms. The number of nitrogens with zero attached hydrogens (tertiary/aromatic N) is 3. The Morgan fingerprint density at radius 3 is 2.88 bits per heavy atom. The Balaban J connectivity index is 1.95. The SMILES string of the molecule is N=NC(=N)c1ccc(Cl)c(NC(=O)c2cnn3ccc(Br)cc23)c1. The summed E-state index contributed by atoms with van der Waals surface area (Å²) < 4.78 is 2.42. The van der Waals surface area contributed by atoms with Crippen LogP contribution in [-0.4, -0.2) is 21.4 Å². The summed E-state index contributed by atoms with van der Waals surface area (Å²) in [6, 6.07) is 8.21. The molecule has 0 bridgehead atoms. The second-order valence-electron chi connectivity index (χ2n) is 4.84. The van der Waals surface area contributed by atoms with Crippen LogP contribution in [0.1, 0.15) is 15.9 Å². The molecule has 120 valence electrons. The lowest BCUT2D eigenvalue weighted by molar-refractivity contribution is 0.102. The molecule has 0 unspecified atom stereocenters. The quantitative estimate of drug-likeness (QED) is 0.342. The molecule has 0 saturated carbocycles. The van der Waals surface area contributed by atoms with E-state index >= 15 is 0 Å². The van der Waals surface area contributed by atoms with Crippen LogP contribution in [0.2, 0.25) is 5.02 Å². The number of anilines is 1. The molecule has 0 aliphatic heterocycles. The summed E-state index contributed by atoms with van der Waals surface area (Å²) in [4.78, 5) is 12.6. The average molecular weight is 406 g/mol. The zero-order valence-electron chi connectivity index (χ0n) is 12.0. The predicted molar refractivity (Wildman–Crippen MR) is 94.3 cm³/mol. The van der Waals surface area contributed by atoms with Gasteiger partial charge in [-0.1, -0.05) is 27.5 Å². The van der Waals surface area contributed by atoms with E-state index in [4.69, 9.17) is 22.5 Å². The number of carbonyl (C=O) groups excluding carboxylic acids is 1. The fraction of sp³-hybridized carbons (Fsp3) is 0. The van der Waals surface area contributed by atoms with Gasteiger partial charge in [0.25, 0.3) is 5.91 Å². The molecule has 9 heteroatoms. The standard InChI is InChI=1S/C15H10BrClN6O/c16-9-3-4-23-13(6-9)10(7-20-23)15(24)21-12-5-8(14(18)22-19)1-2-11(12)17/h1-7,18-19H,(H,21,24). The Hall–Kier alpha value is -2.58. The molecule has 1 amide bonds. The number of hydrogen-bond donors (Lipinski definition) is 3. The van der Waals surface area contributed by atoms with Crippen LogP contribution < -0.4 is 5.32 Å². The molecule has 0 aliphatic rings. The van der Waals surface area contributed by atoms with Crippen LogP contribution in [-0.2, 0) is 0 Å². The van der Waals surface area contributed by atoms with Crippen molar-refractivity contribution in [2.24, 2.45) is 5.11 Å². The summed E-state index contributed by atoms with van der Waals surface area (Å²) in [5.74, 6) is -0.599. The highest BCUT2D eigenvalue weighted by Gasteiger charge is 2.15. The van der Waals surface area contributed by atoms with E-state index in [1.807, 2.05) is 6.07 Å². The summed E-state index contributed by atoms with van der Waals surface area (Å²) in [6.45, 7) is 0. The molecule has 0 radical (unpaired) electrons. The van der Waals surface area contributed by atoms with E-state index < -0.39 is 0 Å². The van der Waals surface area contributed by atoms with Gasteiger partial charge in [0.2, 0.25) is 0 Å². The molecular formula is C15H10BrClN6O. The zero-order valence-corrected chi connectivity index (χ0v) is 14.4. The number of nitrogens with one attached hydrogen (secondary N) is 3. The van der Waals surface area contributed by atoms with Gasteiger partial charge < -0.3 is 5.32 Å². The normalized spacial score (nSPS) is 10.6. The van der Waals surface area contributed by atoms with Gasteiger partial charge in [0.15, 0.2) is 5.84 Å². The van der Waals surface area contributed by atoms with Crippen molar-refractivity contribution in [3.63, 3.8) is 0 Å². The number of halogens is 2. The Morgan fingerprint density at radius 1 is 1.33 bits per heavy atom. The second-order valence-corrected chi connectivity index (χ2v) is 6.17. The molecule has 0 spiro atoms. The fourth-order valence-electron chi connectivity index (χ4n) is 2.15. The molecule has 0 saturated heterocycles. The first-order chi connectivity index (χ1) is 11.5. The lowest BCUT2D eigenvalue weighted by atomic mass is 10.1. The number of hydrogen-bond acceptors (Lipinski definition) is 4. The Kier molecular flexibility index (Phi) is 4.41. The minimum absolute atomic E-state index is 0.220. The molecule has 3 rings (SSSR count). The molecule has 0 fully saturated rings. The predicted octanol–water partition coefficient (Wildman–Crippen LogP) is 4.36. The number of amidine groups is 1. The topological polar surface area (TPSA) is 106 Å². The molecule has 0 aliphatic carbocycles. The van der Waals surface area contributed by atoms with E-state index in [9.17, 15) is 4.79 Å². The van der Waals surface area contributed by atoms with Crippen molar-refractivity contribution in [2.75, 3.05) is 5.32 Å². The number of carbonyl (C=O) groups is 1. The van der Waals surface area contributed by atoms with Crippen molar-refractivity contribution in [1.29, 1.82) is 10.9 Å². The second kappa shape index (κ2) is 6.50. The van der Waals surface area contributed by atoms with Gasteiger partial charge in [0.05, 0.1) is 28.0 Å². The maximum atomic E-state index is 12.6. The number of pyridine rings is 1. The van der Waals surface area contributed by atoms with Gasteiger partial charge >= 0.3 is 0 Å². The Morgan fingerprint density at radius 2 is 2.12 bits per heavy atom. The van der Waals surface area contributed by atoms with Crippen LogP contribution in [0, 0.1) is 10.9 Å². The first-order valence-electron chi connectivity index (χ1n) is 6.70. The van der Waals surface area contributed by atoms with E-state index in [1.54, 1.807) is 28.9 Å². The summed E-state index contributed by atoms with van der Waals surface area (Å²) in [6.07, 6.45) is 3.21. The highest BCUT2D eigenvalue weighted by molar-refractivity contribution is 9.10. The zero-order chi connectivity index (χ0) is 17.3. The van der Waals surface area contributed by atoms with E-state index in [1.165, 1.54) is 12.3 Å². The largest absolute Gasteiger partial charge is 0.320 e. The van der Waals surface area contributed by atoms with Crippen molar-refractivity contribution in [1.82, 2.24) is 9.61 Å². The molecule has 7 nitrogen and oxygen atoms in total. The molecule has 2 heterocycles. The summed E-state index contributed by atoms with van der Waals surface area (Å²) >= 11 is 9.47. The summed E-state index contributed by atoms with van der Waals surface area (Å²) in [7, 11) is 0. The Labute approximate surface area is 149 Å². The third-order valence-electron chi connectivity index (χ3n) is 3.33.